The molecular weight excluding hydrogens is 835 g/mol. The van der Waals surface area contributed by atoms with Crippen molar-refractivity contribution in [3.05, 3.63) is 217 Å². The van der Waals surface area contributed by atoms with Gasteiger partial charge in [0, 0.05) is 64.3 Å². The van der Waals surface area contributed by atoms with Crippen LogP contribution in [0.15, 0.2) is 215 Å². The lowest BCUT2D eigenvalue weighted by atomic mass is 9.75. The smallest absolute Gasteiger partial charge is 0.144 e. The summed E-state index contributed by atoms with van der Waals surface area (Å²) in [4.78, 5) is 2.43. The molecule has 3 heterocycles. The van der Waals surface area contributed by atoms with Crippen molar-refractivity contribution in [1.29, 1.82) is 0 Å². The highest BCUT2D eigenvalue weighted by Crippen LogP contribution is 2.55. The molecule has 67 heavy (non-hydrogen) atoms. The number of allylic oxidation sites excluding steroid dienone is 4. The van der Waals surface area contributed by atoms with Gasteiger partial charge in [0.05, 0.1) is 0 Å². The first-order valence-electron chi connectivity index (χ1n) is 23.3. The average Bonchev–Trinajstić information content (AvgIpc) is 4.12. The van der Waals surface area contributed by atoms with Crippen LogP contribution in [-0.2, 0) is 5.41 Å². The highest BCUT2D eigenvalue weighted by atomic mass is 32.1. The van der Waals surface area contributed by atoms with Crippen LogP contribution >= 0.6 is 11.3 Å². The van der Waals surface area contributed by atoms with Crippen LogP contribution in [0.2, 0.25) is 0 Å². The number of anilines is 3. The highest BCUT2D eigenvalue weighted by molar-refractivity contribution is 7.26. The maximum Gasteiger partial charge on any atom is 0.144 e. The summed E-state index contributed by atoms with van der Waals surface area (Å²) in [5.74, 6) is 0.472. The molecular formula is C63H43NO2S. The summed E-state index contributed by atoms with van der Waals surface area (Å²) in [5, 5.41) is 6.92. The molecule has 0 saturated heterocycles. The van der Waals surface area contributed by atoms with E-state index in [4.69, 9.17) is 8.83 Å². The van der Waals surface area contributed by atoms with Crippen LogP contribution in [0.5, 0.6) is 0 Å². The molecule has 318 valence electrons. The molecule has 0 N–H and O–H groups in total. The van der Waals surface area contributed by atoms with Crippen molar-refractivity contribution in [2.24, 2.45) is 5.92 Å². The predicted molar refractivity (Wildman–Crippen MR) is 283 cm³/mol. The number of nitrogens with zero attached hydrogens (tertiary/aromatic N) is 1. The lowest BCUT2D eigenvalue weighted by molar-refractivity contribution is 0.415. The van der Waals surface area contributed by atoms with E-state index in [1.807, 2.05) is 23.5 Å². The Hall–Kier alpha value is -7.92. The third-order valence-corrected chi connectivity index (χ3v) is 16.0. The zero-order chi connectivity index (χ0) is 44.4. The fourth-order valence-electron chi connectivity index (χ4n) is 11.5. The van der Waals surface area contributed by atoms with Crippen molar-refractivity contribution in [2.75, 3.05) is 4.90 Å². The second-order valence-corrected chi connectivity index (χ2v) is 19.8. The van der Waals surface area contributed by atoms with Gasteiger partial charge in [-0.05, 0) is 123 Å². The summed E-state index contributed by atoms with van der Waals surface area (Å²) in [7, 11) is 0. The van der Waals surface area contributed by atoms with Crippen LogP contribution in [0.3, 0.4) is 0 Å². The Bertz CT molecular complexity index is 4030. The largest absolute Gasteiger partial charge is 0.456 e. The quantitative estimate of drug-likeness (QED) is 0.167. The normalized spacial score (nSPS) is 15.3. The Kier molecular flexibility index (Phi) is 8.32. The van der Waals surface area contributed by atoms with Gasteiger partial charge in [-0.1, -0.05) is 159 Å². The summed E-state index contributed by atoms with van der Waals surface area (Å²) in [6, 6.07) is 68.3. The molecule has 0 amide bonds. The van der Waals surface area contributed by atoms with Crippen LogP contribution < -0.4 is 4.90 Å². The molecule has 0 radical (unpaired) electrons. The van der Waals surface area contributed by atoms with Crippen molar-refractivity contribution in [3.63, 3.8) is 0 Å². The molecule has 14 rings (SSSR count). The minimum atomic E-state index is 0.00459. The molecule has 0 fully saturated rings. The Balaban J connectivity index is 0.913. The topological polar surface area (TPSA) is 29.5 Å². The fraction of sp³-hybridized carbons (Fsp3) is 0.0794. The van der Waals surface area contributed by atoms with Crippen LogP contribution in [0.1, 0.15) is 31.4 Å². The van der Waals surface area contributed by atoms with Crippen LogP contribution in [0.4, 0.5) is 17.1 Å². The Morgan fingerprint density at radius 2 is 1.18 bits per heavy atom. The zero-order valence-electron chi connectivity index (χ0n) is 37.1. The van der Waals surface area contributed by atoms with Gasteiger partial charge in [-0.25, -0.2) is 0 Å². The molecule has 0 aliphatic heterocycles. The van der Waals surface area contributed by atoms with Crippen molar-refractivity contribution in [3.8, 4) is 33.4 Å². The van der Waals surface area contributed by atoms with E-state index in [9.17, 15) is 0 Å². The Morgan fingerprint density at radius 1 is 0.507 bits per heavy atom. The van der Waals surface area contributed by atoms with E-state index in [1.54, 1.807) is 0 Å². The Morgan fingerprint density at radius 3 is 2.00 bits per heavy atom. The summed E-state index contributed by atoms with van der Waals surface area (Å²) < 4.78 is 16.2. The SMILES string of the molecule is CC1(C)c2cc(N(c3ccc(-c4cccc5c4sc4ccccc45)cc3)c3ccc(-c4cccc5oc6c(-c7ccccc7)c7c(cc6c45)oc4ccccc47)cc3)ccc2C2=CC=CCC21. The average molecular weight is 878 g/mol. The third-order valence-electron chi connectivity index (χ3n) is 14.8. The predicted octanol–water partition coefficient (Wildman–Crippen LogP) is 18.6. The molecule has 2 aliphatic rings. The van der Waals surface area contributed by atoms with E-state index in [0.717, 1.165) is 89.6 Å². The molecule has 12 aromatic rings. The number of rotatable bonds is 6. The summed E-state index contributed by atoms with van der Waals surface area (Å²) in [6.07, 6.45) is 7.96. The number of thiophene rings is 1. The molecule has 0 saturated carbocycles. The van der Waals surface area contributed by atoms with Crippen molar-refractivity contribution >= 4 is 98.0 Å². The molecule has 1 atom stereocenters. The number of fused-ring (bicyclic) bond motifs is 12. The highest BCUT2D eigenvalue weighted by Gasteiger charge is 2.43. The summed E-state index contributed by atoms with van der Waals surface area (Å²) in [6.45, 7) is 4.84. The second kappa shape index (κ2) is 14.5. The fourth-order valence-corrected chi connectivity index (χ4v) is 12.8. The second-order valence-electron chi connectivity index (χ2n) is 18.7. The van der Waals surface area contributed by atoms with Gasteiger partial charge < -0.3 is 13.7 Å². The number of hydrogen-bond acceptors (Lipinski definition) is 4. The van der Waals surface area contributed by atoms with E-state index >= 15 is 0 Å². The molecule has 1 unspecified atom stereocenters. The van der Waals surface area contributed by atoms with Gasteiger partial charge in [-0.3, -0.25) is 0 Å². The van der Waals surface area contributed by atoms with Crippen LogP contribution in [0.25, 0.3) is 103 Å². The molecule has 2 aliphatic carbocycles. The van der Waals surface area contributed by atoms with Gasteiger partial charge in [0.2, 0.25) is 0 Å². The first-order chi connectivity index (χ1) is 33.0. The van der Waals surface area contributed by atoms with E-state index in [1.165, 1.54) is 48.0 Å². The van der Waals surface area contributed by atoms with Crippen molar-refractivity contribution in [1.82, 2.24) is 0 Å². The minimum Gasteiger partial charge on any atom is -0.456 e. The molecule has 0 spiro atoms. The number of furan rings is 2. The van der Waals surface area contributed by atoms with Gasteiger partial charge in [0.1, 0.15) is 22.3 Å². The van der Waals surface area contributed by atoms with Crippen LogP contribution in [0, 0.1) is 5.92 Å². The van der Waals surface area contributed by atoms with E-state index < -0.39 is 0 Å². The van der Waals surface area contributed by atoms with Gasteiger partial charge in [-0.15, -0.1) is 11.3 Å². The van der Waals surface area contributed by atoms with Crippen LogP contribution in [-0.4, -0.2) is 0 Å². The van der Waals surface area contributed by atoms with Gasteiger partial charge in [0.15, 0.2) is 0 Å². The van der Waals surface area contributed by atoms with Crippen molar-refractivity contribution < 1.29 is 8.83 Å². The number of hydrogen-bond donors (Lipinski definition) is 0. The van der Waals surface area contributed by atoms with Gasteiger partial charge in [0.25, 0.3) is 0 Å². The zero-order valence-corrected chi connectivity index (χ0v) is 37.9. The lowest BCUT2D eigenvalue weighted by Crippen LogP contribution is -2.24. The first-order valence-corrected chi connectivity index (χ1v) is 24.1. The van der Waals surface area contributed by atoms with E-state index in [-0.39, 0.29) is 5.41 Å². The van der Waals surface area contributed by atoms with E-state index in [0.29, 0.717) is 5.92 Å². The van der Waals surface area contributed by atoms with Crippen molar-refractivity contribution in [2.45, 2.75) is 25.7 Å². The Labute approximate surface area is 392 Å². The number of benzene rings is 9. The standard InChI is InChI=1S/C63H43NO2S/c1-63(2)52-22-9-6-16-46(52)47-35-34-43(36-53(47)63)64(42-32-28-39(29-33-42)45-20-12-21-49-48-17-8-11-25-57(48)67-62(45)49)41-30-26-38(27-31-41)44-19-13-24-55-59(44)51-37-56-60(50-18-7-10-23-54(50)65-56)58(61(51)66-55)40-14-4-3-5-15-40/h3-21,23-37,52H,22H2,1-2H3. The summed E-state index contributed by atoms with van der Waals surface area (Å²) >= 11 is 1.88. The molecule has 3 aromatic heterocycles. The third kappa shape index (κ3) is 5.76. The molecule has 9 aromatic carbocycles. The number of para-hydroxylation sites is 1. The summed E-state index contributed by atoms with van der Waals surface area (Å²) in [5.41, 5.74) is 17.9. The minimum absolute atomic E-state index is 0.00459. The monoisotopic (exact) mass is 877 g/mol. The van der Waals surface area contributed by atoms with Gasteiger partial charge >= 0.3 is 0 Å². The lowest BCUT2D eigenvalue weighted by Gasteiger charge is -2.30. The molecule has 4 heteroatoms. The molecule has 3 nitrogen and oxygen atoms in total. The first kappa shape index (κ1) is 38.4. The molecule has 0 bridgehead atoms. The van der Waals surface area contributed by atoms with E-state index in [2.05, 4.69) is 213 Å². The maximum absolute atomic E-state index is 6.92. The maximum atomic E-state index is 6.92. The van der Waals surface area contributed by atoms with Gasteiger partial charge in [-0.2, -0.15) is 0 Å².